The Morgan fingerprint density at radius 3 is 2.76 bits per heavy atom. The molecule has 1 aromatic carbocycles. The summed E-state index contributed by atoms with van der Waals surface area (Å²) in [6, 6.07) is 3.85. The van der Waals surface area contributed by atoms with Crippen LogP contribution < -0.4 is 5.32 Å². The topological polar surface area (TPSA) is 32.3 Å². The van der Waals surface area contributed by atoms with Gasteiger partial charge in [-0.3, -0.25) is 4.79 Å². The SMILES string of the molecule is CNCCN(C)C(=O)Cc1cccc(F)c1F. The summed E-state index contributed by atoms with van der Waals surface area (Å²) in [5.74, 6) is -2.10. The third-order valence-electron chi connectivity index (χ3n) is 2.50. The van der Waals surface area contributed by atoms with Gasteiger partial charge in [-0.2, -0.15) is 0 Å². The van der Waals surface area contributed by atoms with Gasteiger partial charge in [0.1, 0.15) is 0 Å². The number of likely N-dealkylation sites (N-methyl/N-ethyl adjacent to an activating group) is 2. The van der Waals surface area contributed by atoms with Crippen molar-refractivity contribution in [1.82, 2.24) is 10.2 Å². The van der Waals surface area contributed by atoms with Gasteiger partial charge in [0, 0.05) is 25.7 Å². The van der Waals surface area contributed by atoms with Crippen LogP contribution in [0, 0.1) is 11.6 Å². The maximum atomic E-state index is 13.3. The molecule has 17 heavy (non-hydrogen) atoms. The van der Waals surface area contributed by atoms with Crippen LogP contribution in [0.2, 0.25) is 0 Å². The largest absolute Gasteiger partial charge is 0.344 e. The number of hydrogen-bond acceptors (Lipinski definition) is 2. The number of hydrogen-bond donors (Lipinski definition) is 1. The smallest absolute Gasteiger partial charge is 0.226 e. The summed E-state index contributed by atoms with van der Waals surface area (Å²) < 4.78 is 26.2. The van der Waals surface area contributed by atoms with E-state index in [1.165, 1.54) is 17.0 Å². The van der Waals surface area contributed by atoms with Gasteiger partial charge >= 0.3 is 0 Å². The Bertz CT molecular complexity index is 396. The second-order valence-corrected chi connectivity index (χ2v) is 3.81. The number of nitrogens with zero attached hydrogens (tertiary/aromatic N) is 1. The molecule has 0 aliphatic carbocycles. The molecule has 1 aromatic rings. The lowest BCUT2D eigenvalue weighted by molar-refractivity contribution is -0.129. The minimum Gasteiger partial charge on any atom is -0.344 e. The maximum absolute atomic E-state index is 13.3. The molecule has 0 aromatic heterocycles. The van der Waals surface area contributed by atoms with Crippen LogP contribution in [0.1, 0.15) is 5.56 Å². The Kier molecular flexibility index (Phi) is 5.03. The average molecular weight is 242 g/mol. The van der Waals surface area contributed by atoms with Crippen LogP contribution in [0.4, 0.5) is 8.78 Å². The van der Waals surface area contributed by atoms with Gasteiger partial charge < -0.3 is 10.2 Å². The number of rotatable bonds is 5. The third kappa shape index (κ3) is 3.78. The molecule has 0 saturated carbocycles. The van der Waals surface area contributed by atoms with Crippen molar-refractivity contribution >= 4 is 5.91 Å². The quantitative estimate of drug-likeness (QED) is 0.841. The summed E-state index contributed by atoms with van der Waals surface area (Å²) in [4.78, 5) is 13.2. The molecule has 1 amide bonds. The van der Waals surface area contributed by atoms with E-state index < -0.39 is 11.6 Å². The van der Waals surface area contributed by atoms with E-state index >= 15 is 0 Å². The molecule has 0 fully saturated rings. The van der Waals surface area contributed by atoms with E-state index in [2.05, 4.69) is 5.32 Å². The molecule has 0 aliphatic rings. The van der Waals surface area contributed by atoms with Gasteiger partial charge in [-0.25, -0.2) is 8.78 Å². The van der Waals surface area contributed by atoms with E-state index in [1.54, 1.807) is 14.1 Å². The predicted octanol–water partition coefficient (Wildman–Crippen LogP) is 1.19. The second kappa shape index (κ2) is 6.30. The van der Waals surface area contributed by atoms with E-state index in [-0.39, 0.29) is 17.9 Å². The molecule has 3 nitrogen and oxygen atoms in total. The summed E-state index contributed by atoms with van der Waals surface area (Å²) in [5.41, 5.74) is 0.0892. The number of carbonyl (C=O) groups is 1. The summed E-state index contributed by atoms with van der Waals surface area (Å²) in [6.45, 7) is 1.19. The van der Waals surface area contributed by atoms with Crippen LogP contribution in [-0.2, 0) is 11.2 Å². The van der Waals surface area contributed by atoms with Gasteiger partial charge in [0.15, 0.2) is 11.6 Å². The highest BCUT2D eigenvalue weighted by Crippen LogP contribution is 2.12. The molecular formula is C12H16F2N2O. The zero-order valence-corrected chi connectivity index (χ0v) is 9.96. The molecule has 0 aliphatic heterocycles. The molecule has 0 unspecified atom stereocenters. The summed E-state index contributed by atoms with van der Waals surface area (Å²) in [6.07, 6.45) is -0.121. The zero-order chi connectivity index (χ0) is 12.8. The molecule has 0 atom stereocenters. The Morgan fingerprint density at radius 2 is 2.12 bits per heavy atom. The van der Waals surface area contributed by atoms with Gasteiger partial charge in [0.2, 0.25) is 5.91 Å². The van der Waals surface area contributed by atoms with Gasteiger partial charge in [0.05, 0.1) is 6.42 Å². The first-order valence-electron chi connectivity index (χ1n) is 5.37. The number of carbonyl (C=O) groups excluding carboxylic acids is 1. The van der Waals surface area contributed by atoms with Crippen LogP contribution in [-0.4, -0.2) is 38.0 Å². The number of benzene rings is 1. The molecule has 0 spiro atoms. The summed E-state index contributed by atoms with van der Waals surface area (Å²) >= 11 is 0. The lowest BCUT2D eigenvalue weighted by Crippen LogP contribution is -2.34. The van der Waals surface area contributed by atoms with Crippen LogP contribution in [0.15, 0.2) is 18.2 Å². The first-order valence-corrected chi connectivity index (χ1v) is 5.37. The van der Waals surface area contributed by atoms with Gasteiger partial charge in [0.25, 0.3) is 0 Å². The van der Waals surface area contributed by atoms with Crippen molar-refractivity contribution < 1.29 is 13.6 Å². The summed E-state index contributed by atoms with van der Waals surface area (Å²) in [5, 5.41) is 2.91. The van der Waals surface area contributed by atoms with Crippen molar-refractivity contribution in [2.24, 2.45) is 0 Å². The normalized spacial score (nSPS) is 10.4. The van der Waals surface area contributed by atoms with Crippen molar-refractivity contribution in [2.45, 2.75) is 6.42 Å². The van der Waals surface area contributed by atoms with E-state index in [1.807, 2.05) is 0 Å². The van der Waals surface area contributed by atoms with Gasteiger partial charge in [-0.1, -0.05) is 12.1 Å². The Morgan fingerprint density at radius 1 is 1.41 bits per heavy atom. The molecule has 5 heteroatoms. The lowest BCUT2D eigenvalue weighted by atomic mass is 10.1. The first kappa shape index (κ1) is 13.6. The number of amides is 1. The molecule has 1 N–H and O–H groups in total. The van der Waals surface area contributed by atoms with Crippen molar-refractivity contribution in [1.29, 1.82) is 0 Å². The predicted molar refractivity (Wildman–Crippen MR) is 61.6 cm³/mol. The fourth-order valence-corrected chi connectivity index (χ4v) is 1.39. The average Bonchev–Trinajstić information content (AvgIpc) is 2.31. The second-order valence-electron chi connectivity index (χ2n) is 3.81. The van der Waals surface area contributed by atoms with E-state index in [4.69, 9.17) is 0 Å². The summed E-state index contributed by atoms with van der Waals surface area (Å²) in [7, 11) is 3.42. The van der Waals surface area contributed by atoms with Crippen LogP contribution in [0.3, 0.4) is 0 Å². The molecule has 94 valence electrons. The zero-order valence-electron chi connectivity index (χ0n) is 9.96. The highest BCUT2D eigenvalue weighted by molar-refractivity contribution is 5.78. The van der Waals surface area contributed by atoms with E-state index in [0.29, 0.717) is 13.1 Å². The van der Waals surface area contributed by atoms with Gasteiger partial charge in [-0.05, 0) is 13.1 Å². The Hall–Kier alpha value is -1.49. The van der Waals surface area contributed by atoms with E-state index in [0.717, 1.165) is 6.07 Å². The Balaban J connectivity index is 2.64. The molecule has 0 bridgehead atoms. The molecular weight excluding hydrogens is 226 g/mol. The third-order valence-corrected chi connectivity index (χ3v) is 2.50. The van der Waals surface area contributed by atoms with Crippen molar-refractivity contribution in [3.63, 3.8) is 0 Å². The highest BCUT2D eigenvalue weighted by Gasteiger charge is 2.14. The van der Waals surface area contributed by atoms with Gasteiger partial charge in [-0.15, -0.1) is 0 Å². The molecule has 0 saturated heterocycles. The number of nitrogens with one attached hydrogen (secondary N) is 1. The van der Waals surface area contributed by atoms with Crippen molar-refractivity contribution in [3.8, 4) is 0 Å². The highest BCUT2D eigenvalue weighted by atomic mass is 19.2. The minimum absolute atomic E-state index is 0.0892. The first-order chi connectivity index (χ1) is 8.06. The standard InChI is InChI=1S/C12H16F2N2O/c1-15-6-7-16(2)11(17)8-9-4-3-5-10(13)12(9)14/h3-5,15H,6-8H2,1-2H3. The Labute approximate surface area is 99.4 Å². The van der Waals surface area contributed by atoms with Crippen molar-refractivity contribution in [3.05, 3.63) is 35.4 Å². The fraction of sp³-hybridized carbons (Fsp3) is 0.417. The van der Waals surface area contributed by atoms with Crippen LogP contribution >= 0.6 is 0 Å². The minimum atomic E-state index is -0.942. The monoisotopic (exact) mass is 242 g/mol. The van der Waals surface area contributed by atoms with E-state index in [9.17, 15) is 13.6 Å². The molecule has 0 radical (unpaired) electrons. The molecule has 1 rings (SSSR count). The molecule has 0 heterocycles. The maximum Gasteiger partial charge on any atom is 0.226 e. The van der Waals surface area contributed by atoms with Crippen LogP contribution in [0.25, 0.3) is 0 Å². The number of halogens is 2. The van der Waals surface area contributed by atoms with Crippen molar-refractivity contribution in [2.75, 3.05) is 27.2 Å². The fourth-order valence-electron chi connectivity index (χ4n) is 1.39. The lowest BCUT2D eigenvalue weighted by Gasteiger charge is -2.17. The van der Waals surface area contributed by atoms with Crippen LogP contribution in [0.5, 0.6) is 0 Å².